The number of hydrogen-bond donors (Lipinski definition) is 0. The fraction of sp³-hybridized carbons (Fsp3) is 0.611. The number of rotatable bonds is 6. The summed E-state index contributed by atoms with van der Waals surface area (Å²) in [6, 6.07) is 6.23. The molecule has 1 fully saturated rings. The highest BCUT2D eigenvalue weighted by molar-refractivity contribution is 5.85. The van der Waals surface area contributed by atoms with Crippen molar-refractivity contribution in [3.8, 4) is 11.5 Å². The van der Waals surface area contributed by atoms with E-state index in [4.69, 9.17) is 9.47 Å². The molecule has 1 aromatic carbocycles. The molecule has 21 heavy (non-hydrogen) atoms. The lowest BCUT2D eigenvalue weighted by Gasteiger charge is -2.23. The summed E-state index contributed by atoms with van der Waals surface area (Å²) in [7, 11) is 5.30. The molecule has 1 atom stereocenters. The third-order valence-electron chi connectivity index (χ3n) is 4.44. The zero-order valence-electron chi connectivity index (χ0n) is 13.5. The van der Waals surface area contributed by atoms with Crippen LogP contribution in [0.4, 0.5) is 0 Å². The van der Waals surface area contributed by atoms with E-state index in [1.165, 1.54) is 49.8 Å². The maximum Gasteiger partial charge on any atom is 0.160 e. The molecular weight excluding hydrogens is 262 g/mol. The highest BCUT2D eigenvalue weighted by Gasteiger charge is 2.17. The van der Waals surface area contributed by atoms with Gasteiger partial charge in [-0.25, -0.2) is 0 Å². The molecule has 1 unspecified atom stereocenters. The minimum atomic E-state index is 0.803. The summed E-state index contributed by atoms with van der Waals surface area (Å²) in [5, 5.41) is 0. The van der Waals surface area contributed by atoms with Crippen LogP contribution in [-0.4, -0.2) is 27.0 Å². The van der Waals surface area contributed by atoms with E-state index >= 15 is 0 Å². The van der Waals surface area contributed by atoms with Crippen molar-refractivity contribution in [2.75, 3.05) is 21.3 Å². The average Bonchev–Trinajstić information content (AvgIpc) is 2.55. The van der Waals surface area contributed by atoms with Crippen molar-refractivity contribution in [3.05, 3.63) is 23.8 Å². The number of benzene rings is 1. The number of aliphatic imine (C=N–C) groups is 1. The Labute approximate surface area is 128 Å². The third kappa shape index (κ3) is 4.48. The van der Waals surface area contributed by atoms with Crippen LogP contribution in [0.3, 0.4) is 0 Å². The summed E-state index contributed by atoms with van der Waals surface area (Å²) in [6.45, 7) is 0. The lowest BCUT2D eigenvalue weighted by atomic mass is 9.84. The topological polar surface area (TPSA) is 30.8 Å². The fourth-order valence-corrected chi connectivity index (χ4v) is 3.21. The van der Waals surface area contributed by atoms with Gasteiger partial charge in [-0.15, -0.1) is 0 Å². The Hall–Kier alpha value is -1.51. The van der Waals surface area contributed by atoms with Crippen LogP contribution in [0.2, 0.25) is 0 Å². The van der Waals surface area contributed by atoms with Gasteiger partial charge in [0.1, 0.15) is 0 Å². The number of aryl methyl sites for hydroxylation is 1. The molecule has 0 aromatic heterocycles. The molecule has 1 aliphatic carbocycles. The van der Waals surface area contributed by atoms with E-state index in [9.17, 15) is 0 Å². The van der Waals surface area contributed by atoms with Gasteiger partial charge >= 0.3 is 0 Å². The predicted molar refractivity (Wildman–Crippen MR) is 87.8 cm³/mol. The molecule has 0 aliphatic heterocycles. The van der Waals surface area contributed by atoms with Gasteiger partial charge in [-0.05, 0) is 68.6 Å². The normalized spacial score (nSPS) is 20.5. The maximum absolute atomic E-state index is 5.36. The molecule has 0 heterocycles. The summed E-state index contributed by atoms with van der Waals surface area (Å²) in [5.74, 6) is 2.46. The summed E-state index contributed by atoms with van der Waals surface area (Å²) in [6.07, 6.45) is 8.74. The van der Waals surface area contributed by atoms with Crippen LogP contribution >= 0.6 is 0 Å². The number of ether oxygens (including phenoxy) is 2. The van der Waals surface area contributed by atoms with E-state index in [1.807, 2.05) is 13.1 Å². The molecule has 1 aliphatic rings. The summed E-state index contributed by atoms with van der Waals surface area (Å²) < 4.78 is 10.6. The first kappa shape index (κ1) is 15.9. The minimum absolute atomic E-state index is 0.803. The molecule has 0 N–H and O–H groups in total. The molecule has 0 bridgehead atoms. The zero-order chi connectivity index (χ0) is 15.1. The van der Waals surface area contributed by atoms with Crippen LogP contribution < -0.4 is 9.47 Å². The Bertz CT molecular complexity index is 482. The lowest BCUT2D eigenvalue weighted by Crippen LogP contribution is -2.15. The second-order valence-corrected chi connectivity index (χ2v) is 5.83. The van der Waals surface area contributed by atoms with E-state index < -0.39 is 0 Å². The van der Waals surface area contributed by atoms with Crippen molar-refractivity contribution in [2.24, 2.45) is 10.9 Å². The molecule has 116 valence electrons. The Balaban J connectivity index is 1.83. The van der Waals surface area contributed by atoms with Gasteiger partial charge in [0.2, 0.25) is 0 Å². The molecule has 1 saturated carbocycles. The van der Waals surface area contributed by atoms with Gasteiger partial charge in [0, 0.05) is 12.8 Å². The van der Waals surface area contributed by atoms with Gasteiger partial charge in [0.15, 0.2) is 11.5 Å². The van der Waals surface area contributed by atoms with Crippen LogP contribution in [0.25, 0.3) is 0 Å². The third-order valence-corrected chi connectivity index (χ3v) is 4.44. The molecular formula is C18H27NO2. The van der Waals surface area contributed by atoms with E-state index in [-0.39, 0.29) is 0 Å². The number of hydrogen-bond acceptors (Lipinski definition) is 3. The zero-order valence-corrected chi connectivity index (χ0v) is 13.5. The highest BCUT2D eigenvalue weighted by Crippen LogP contribution is 2.30. The number of nitrogens with zero attached hydrogens (tertiary/aromatic N) is 1. The Morgan fingerprint density at radius 3 is 2.71 bits per heavy atom. The first-order valence-corrected chi connectivity index (χ1v) is 7.92. The molecule has 3 nitrogen and oxygen atoms in total. The molecule has 0 amide bonds. The van der Waals surface area contributed by atoms with E-state index in [1.54, 1.807) is 14.2 Å². The largest absolute Gasteiger partial charge is 0.493 e. The highest BCUT2D eigenvalue weighted by atomic mass is 16.5. The summed E-state index contributed by atoms with van der Waals surface area (Å²) in [4.78, 5) is 4.39. The Kier molecular flexibility index (Phi) is 6.09. The van der Waals surface area contributed by atoms with Gasteiger partial charge in [-0.2, -0.15) is 0 Å². The smallest absolute Gasteiger partial charge is 0.160 e. The van der Waals surface area contributed by atoms with E-state index in [0.29, 0.717) is 0 Å². The molecule has 0 radical (unpaired) electrons. The van der Waals surface area contributed by atoms with Crippen molar-refractivity contribution in [1.82, 2.24) is 0 Å². The van der Waals surface area contributed by atoms with Gasteiger partial charge < -0.3 is 9.47 Å². The van der Waals surface area contributed by atoms with Gasteiger partial charge in [-0.3, -0.25) is 4.99 Å². The van der Waals surface area contributed by atoms with E-state index in [0.717, 1.165) is 23.8 Å². The van der Waals surface area contributed by atoms with Crippen LogP contribution in [0, 0.1) is 5.92 Å². The summed E-state index contributed by atoms with van der Waals surface area (Å²) >= 11 is 0. The molecule has 2 rings (SSSR count). The standard InChI is InChI=1S/C18H27NO2/c1-19-16-9-5-8-14(12-16)6-4-7-15-10-11-17(20-2)18(13-15)21-3/h10-11,13-14H,4-9,12H2,1-3H3. The monoisotopic (exact) mass is 289 g/mol. The van der Waals surface area contributed by atoms with E-state index in [2.05, 4.69) is 17.1 Å². The predicted octanol–water partition coefficient (Wildman–Crippen LogP) is 4.29. The molecule has 3 heteroatoms. The SMILES string of the molecule is CN=C1CCCC(CCCc2ccc(OC)c(OC)c2)C1. The molecule has 0 saturated heterocycles. The van der Waals surface area contributed by atoms with Crippen LogP contribution in [0.1, 0.15) is 44.1 Å². The average molecular weight is 289 g/mol. The Morgan fingerprint density at radius 2 is 2.00 bits per heavy atom. The fourth-order valence-electron chi connectivity index (χ4n) is 3.21. The van der Waals surface area contributed by atoms with Gasteiger partial charge in [0.05, 0.1) is 14.2 Å². The van der Waals surface area contributed by atoms with Crippen molar-refractivity contribution in [3.63, 3.8) is 0 Å². The molecule has 1 aromatic rings. The Morgan fingerprint density at radius 1 is 1.19 bits per heavy atom. The minimum Gasteiger partial charge on any atom is -0.493 e. The van der Waals surface area contributed by atoms with Crippen molar-refractivity contribution in [1.29, 1.82) is 0 Å². The van der Waals surface area contributed by atoms with Gasteiger partial charge in [0.25, 0.3) is 0 Å². The maximum atomic E-state index is 5.36. The van der Waals surface area contributed by atoms with Crippen LogP contribution in [-0.2, 0) is 6.42 Å². The molecule has 0 spiro atoms. The van der Waals surface area contributed by atoms with Crippen molar-refractivity contribution < 1.29 is 9.47 Å². The second-order valence-electron chi connectivity index (χ2n) is 5.83. The first-order chi connectivity index (χ1) is 10.3. The van der Waals surface area contributed by atoms with Crippen LogP contribution in [0.15, 0.2) is 23.2 Å². The number of methoxy groups -OCH3 is 2. The van der Waals surface area contributed by atoms with Gasteiger partial charge in [-0.1, -0.05) is 6.07 Å². The van der Waals surface area contributed by atoms with Crippen molar-refractivity contribution >= 4 is 5.71 Å². The lowest BCUT2D eigenvalue weighted by molar-refractivity contribution is 0.354. The quantitative estimate of drug-likeness (QED) is 0.782. The van der Waals surface area contributed by atoms with Crippen LogP contribution in [0.5, 0.6) is 11.5 Å². The second kappa shape index (κ2) is 8.06. The first-order valence-electron chi connectivity index (χ1n) is 7.92. The van der Waals surface area contributed by atoms with Crippen molar-refractivity contribution in [2.45, 2.75) is 44.9 Å². The summed E-state index contributed by atoms with van der Waals surface area (Å²) in [5.41, 5.74) is 2.74.